The van der Waals surface area contributed by atoms with Gasteiger partial charge in [-0.25, -0.2) is 4.98 Å². The molecule has 3 aromatic rings. The lowest BCUT2D eigenvalue weighted by Crippen LogP contribution is -2.18. The van der Waals surface area contributed by atoms with Gasteiger partial charge in [0, 0.05) is 35.9 Å². The minimum atomic E-state index is 0.210. The van der Waals surface area contributed by atoms with Crippen molar-refractivity contribution >= 4 is 10.9 Å². The van der Waals surface area contributed by atoms with Gasteiger partial charge in [0.05, 0.1) is 12.6 Å². The number of benzene rings is 1. The number of hydrogen-bond donors (Lipinski definition) is 1. The molecule has 1 atom stereocenters. The molecule has 0 fully saturated rings. The molecule has 4 heteroatoms. The molecule has 1 N–H and O–H groups in total. The number of nitrogens with one attached hydrogen (secondary N) is 1. The molecule has 23 heavy (non-hydrogen) atoms. The van der Waals surface area contributed by atoms with Crippen molar-refractivity contribution in [3.05, 3.63) is 65.5 Å². The SMILES string of the molecule is COc1nc2ccc(C)cc2cc1CNC(C)c1cccnc1. The average molecular weight is 307 g/mol. The minimum Gasteiger partial charge on any atom is -0.481 e. The first-order valence-electron chi connectivity index (χ1n) is 7.75. The number of pyridine rings is 2. The summed E-state index contributed by atoms with van der Waals surface area (Å²) in [5.41, 5.74) is 4.40. The Balaban J connectivity index is 1.84. The highest BCUT2D eigenvalue weighted by Gasteiger charge is 2.10. The van der Waals surface area contributed by atoms with Crippen LogP contribution in [0.3, 0.4) is 0 Å². The number of methoxy groups -OCH3 is 1. The third kappa shape index (κ3) is 3.48. The molecule has 0 saturated heterocycles. The van der Waals surface area contributed by atoms with Crippen LogP contribution in [0.2, 0.25) is 0 Å². The Morgan fingerprint density at radius 1 is 1.22 bits per heavy atom. The summed E-state index contributed by atoms with van der Waals surface area (Å²) in [6, 6.07) is 12.6. The summed E-state index contributed by atoms with van der Waals surface area (Å²) in [7, 11) is 1.66. The van der Waals surface area contributed by atoms with Crippen molar-refractivity contribution in [3.63, 3.8) is 0 Å². The largest absolute Gasteiger partial charge is 0.481 e. The molecular weight excluding hydrogens is 286 g/mol. The van der Waals surface area contributed by atoms with Crippen LogP contribution in [0, 0.1) is 6.92 Å². The monoisotopic (exact) mass is 307 g/mol. The molecule has 1 unspecified atom stereocenters. The van der Waals surface area contributed by atoms with Crippen LogP contribution in [0.4, 0.5) is 0 Å². The zero-order valence-electron chi connectivity index (χ0n) is 13.7. The molecular formula is C19H21N3O. The highest BCUT2D eigenvalue weighted by atomic mass is 16.5. The highest BCUT2D eigenvalue weighted by Crippen LogP contribution is 2.24. The molecule has 2 heterocycles. The van der Waals surface area contributed by atoms with Crippen LogP contribution in [0.15, 0.2) is 48.8 Å². The molecule has 0 aliphatic rings. The van der Waals surface area contributed by atoms with E-state index in [1.807, 2.05) is 18.3 Å². The lowest BCUT2D eigenvalue weighted by molar-refractivity contribution is 0.391. The zero-order valence-corrected chi connectivity index (χ0v) is 13.7. The number of ether oxygens (including phenoxy) is 1. The Morgan fingerprint density at radius 3 is 2.83 bits per heavy atom. The molecule has 0 amide bonds. The van der Waals surface area contributed by atoms with Crippen LogP contribution in [-0.2, 0) is 6.54 Å². The van der Waals surface area contributed by atoms with Crippen molar-refractivity contribution in [2.24, 2.45) is 0 Å². The van der Waals surface area contributed by atoms with E-state index in [0.717, 1.165) is 22.0 Å². The Kier molecular flexibility index (Phi) is 4.53. The van der Waals surface area contributed by atoms with E-state index >= 15 is 0 Å². The fraction of sp³-hybridized carbons (Fsp3) is 0.263. The molecule has 3 rings (SSSR count). The maximum Gasteiger partial charge on any atom is 0.218 e. The number of fused-ring (bicyclic) bond motifs is 1. The smallest absolute Gasteiger partial charge is 0.218 e. The molecule has 0 saturated carbocycles. The fourth-order valence-electron chi connectivity index (χ4n) is 2.64. The van der Waals surface area contributed by atoms with Crippen LogP contribution in [0.25, 0.3) is 10.9 Å². The zero-order chi connectivity index (χ0) is 16.2. The van der Waals surface area contributed by atoms with Crippen LogP contribution in [0.5, 0.6) is 5.88 Å². The second-order valence-electron chi connectivity index (χ2n) is 5.74. The Bertz CT molecular complexity index is 802. The molecule has 4 nitrogen and oxygen atoms in total. The van der Waals surface area contributed by atoms with E-state index in [9.17, 15) is 0 Å². The Hall–Kier alpha value is -2.46. The molecule has 0 bridgehead atoms. The summed E-state index contributed by atoms with van der Waals surface area (Å²) in [6.45, 7) is 4.91. The van der Waals surface area contributed by atoms with Gasteiger partial charge in [0.15, 0.2) is 0 Å². The van der Waals surface area contributed by atoms with Crippen molar-refractivity contribution < 1.29 is 4.74 Å². The third-order valence-electron chi connectivity index (χ3n) is 3.99. The van der Waals surface area contributed by atoms with E-state index in [1.165, 1.54) is 5.56 Å². The summed E-state index contributed by atoms with van der Waals surface area (Å²) >= 11 is 0. The van der Waals surface area contributed by atoms with Gasteiger partial charge in [-0.05, 0) is 43.7 Å². The first-order chi connectivity index (χ1) is 11.2. The summed E-state index contributed by atoms with van der Waals surface area (Å²) in [5, 5.41) is 4.64. The number of nitrogens with zero attached hydrogens (tertiary/aromatic N) is 2. The molecule has 2 aromatic heterocycles. The fourth-order valence-corrected chi connectivity index (χ4v) is 2.64. The molecule has 0 aliphatic heterocycles. The van der Waals surface area contributed by atoms with Gasteiger partial charge in [-0.2, -0.15) is 0 Å². The summed E-state index contributed by atoms with van der Waals surface area (Å²) in [6.07, 6.45) is 3.67. The first-order valence-corrected chi connectivity index (χ1v) is 7.75. The van der Waals surface area contributed by atoms with E-state index in [2.05, 4.69) is 53.4 Å². The van der Waals surface area contributed by atoms with Crippen LogP contribution < -0.4 is 10.1 Å². The van der Waals surface area contributed by atoms with Crippen molar-refractivity contribution in [1.82, 2.24) is 15.3 Å². The molecule has 1 aromatic carbocycles. The summed E-state index contributed by atoms with van der Waals surface area (Å²) in [5.74, 6) is 0.673. The van der Waals surface area contributed by atoms with Crippen molar-refractivity contribution in [1.29, 1.82) is 0 Å². The standard InChI is InChI=1S/C19H21N3O/c1-13-6-7-18-16(9-13)10-17(19(22-18)23-3)12-21-14(2)15-5-4-8-20-11-15/h4-11,14,21H,12H2,1-3H3. The normalized spacial score (nSPS) is 12.3. The van der Waals surface area contributed by atoms with E-state index in [1.54, 1.807) is 13.3 Å². The minimum absolute atomic E-state index is 0.210. The second-order valence-corrected chi connectivity index (χ2v) is 5.74. The second kappa shape index (κ2) is 6.75. The molecule has 0 spiro atoms. The first kappa shape index (κ1) is 15.4. The lowest BCUT2D eigenvalue weighted by atomic mass is 10.1. The Labute approximate surface area is 136 Å². The van der Waals surface area contributed by atoms with Gasteiger partial charge in [0.2, 0.25) is 5.88 Å². The van der Waals surface area contributed by atoms with Gasteiger partial charge in [-0.3, -0.25) is 4.98 Å². The maximum atomic E-state index is 5.46. The van der Waals surface area contributed by atoms with E-state index in [4.69, 9.17) is 4.74 Å². The van der Waals surface area contributed by atoms with Gasteiger partial charge in [-0.1, -0.05) is 17.7 Å². The van der Waals surface area contributed by atoms with Crippen LogP contribution >= 0.6 is 0 Å². The lowest BCUT2D eigenvalue weighted by Gasteiger charge is -2.15. The number of aromatic nitrogens is 2. The quantitative estimate of drug-likeness (QED) is 0.779. The predicted molar refractivity (Wildman–Crippen MR) is 92.5 cm³/mol. The molecule has 0 aliphatic carbocycles. The van der Waals surface area contributed by atoms with Crippen LogP contribution in [0.1, 0.15) is 29.7 Å². The van der Waals surface area contributed by atoms with E-state index in [-0.39, 0.29) is 6.04 Å². The topological polar surface area (TPSA) is 47.0 Å². The highest BCUT2D eigenvalue weighted by molar-refractivity contribution is 5.80. The van der Waals surface area contributed by atoms with Gasteiger partial charge >= 0.3 is 0 Å². The predicted octanol–water partition coefficient (Wildman–Crippen LogP) is 3.80. The van der Waals surface area contributed by atoms with Gasteiger partial charge in [0.25, 0.3) is 0 Å². The van der Waals surface area contributed by atoms with E-state index < -0.39 is 0 Å². The van der Waals surface area contributed by atoms with Crippen molar-refractivity contribution in [3.8, 4) is 5.88 Å². The summed E-state index contributed by atoms with van der Waals surface area (Å²) in [4.78, 5) is 8.78. The van der Waals surface area contributed by atoms with Crippen LogP contribution in [-0.4, -0.2) is 17.1 Å². The van der Waals surface area contributed by atoms with Crippen molar-refractivity contribution in [2.45, 2.75) is 26.4 Å². The Morgan fingerprint density at radius 2 is 2.09 bits per heavy atom. The average Bonchev–Trinajstić information content (AvgIpc) is 2.59. The molecule has 0 radical (unpaired) electrons. The third-order valence-corrected chi connectivity index (χ3v) is 3.99. The van der Waals surface area contributed by atoms with E-state index in [0.29, 0.717) is 12.4 Å². The van der Waals surface area contributed by atoms with Gasteiger partial charge in [-0.15, -0.1) is 0 Å². The number of hydrogen-bond acceptors (Lipinski definition) is 4. The van der Waals surface area contributed by atoms with Gasteiger partial charge < -0.3 is 10.1 Å². The van der Waals surface area contributed by atoms with Crippen molar-refractivity contribution in [2.75, 3.05) is 7.11 Å². The molecule has 118 valence electrons. The van der Waals surface area contributed by atoms with Gasteiger partial charge in [0.1, 0.15) is 0 Å². The maximum absolute atomic E-state index is 5.46. The number of rotatable bonds is 5. The number of aryl methyl sites for hydroxylation is 1. The summed E-state index contributed by atoms with van der Waals surface area (Å²) < 4.78 is 5.46.